The van der Waals surface area contributed by atoms with Crippen LogP contribution in [0.5, 0.6) is 11.5 Å². The highest BCUT2D eigenvalue weighted by Crippen LogP contribution is 2.26. The van der Waals surface area contributed by atoms with Crippen LogP contribution in [0.2, 0.25) is 0 Å². The highest BCUT2D eigenvalue weighted by atomic mass is 16.5. The van der Waals surface area contributed by atoms with Gasteiger partial charge in [-0.25, -0.2) is 5.43 Å². The molecule has 0 saturated heterocycles. The Morgan fingerprint density at radius 2 is 2.14 bits per heavy atom. The van der Waals surface area contributed by atoms with Crippen molar-refractivity contribution in [1.29, 1.82) is 0 Å². The first-order chi connectivity index (χ1) is 10.6. The summed E-state index contributed by atoms with van der Waals surface area (Å²) in [5.74, 6) is 0.183. The third-order valence-electron chi connectivity index (χ3n) is 2.94. The number of amides is 1. The number of ether oxygens (including phenoxy) is 1. The molecule has 5 nitrogen and oxygen atoms in total. The summed E-state index contributed by atoms with van der Waals surface area (Å²) in [6.45, 7) is 4.21. The van der Waals surface area contributed by atoms with E-state index < -0.39 is 0 Å². The van der Waals surface area contributed by atoms with Crippen molar-refractivity contribution in [2.75, 3.05) is 6.61 Å². The van der Waals surface area contributed by atoms with E-state index in [4.69, 9.17) is 4.74 Å². The van der Waals surface area contributed by atoms with Crippen molar-refractivity contribution in [3.05, 3.63) is 59.2 Å². The smallest absolute Gasteiger partial charge is 0.271 e. The molecule has 0 aromatic heterocycles. The van der Waals surface area contributed by atoms with Gasteiger partial charge in [0.25, 0.3) is 5.91 Å². The van der Waals surface area contributed by atoms with Crippen LogP contribution in [-0.4, -0.2) is 23.8 Å². The number of hydrazone groups is 1. The minimum absolute atomic E-state index is 0.0720. The number of benzene rings is 2. The highest BCUT2D eigenvalue weighted by Gasteiger charge is 2.04. The Labute approximate surface area is 129 Å². The van der Waals surface area contributed by atoms with Crippen molar-refractivity contribution in [3.8, 4) is 11.5 Å². The topological polar surface area (TPSA) is 70.9 Å². The number of nitrogens with one attached hydrogen (secondary N) is 1. The van der Waals surface area contributed by atoms with Crippen molar-refractivity contribution in [1.82, 2.24) is 5.43 Å². The van der Waals surface area contributed by atoms with E-state index in [-0.39, 0.29) is 11.7 Å². The molecular weight excluding hydrogens is 280 g/mol. The molecule has 0 radical (unpaired) electrons. The van der Waals surface area contributed by atoms with Crippen LogP contribution in [-0.2, 0) is 0 Å². The van der Waals surface area contributed by atoms with Crippen LogP contribution in [0.15, 0.2) is 47.6 Å². The van der Waals surface area contributed by atoms with Gasteiger partial charge >= 0.3 is 0 Å². The van der Waals surface area contributed by atoms with Crippen LogP contribution in [0.1, 0.15) is 28.4 Å². The molecule has 2 aromatic rings. The average molecular weight is 298 g/mol. The molecule has 5 heteroatoms. The van der Waals surface area contributed by atoms with Crippen LogP contribution in [0.25, 0.3) is 0 Å². The Balaban J connectivity index is 2.03. The van der Waals surface area contributed by atoms with Gasteiger partial charge in [-0.1, -0.05) is 17.7 Å². The van der Waals surface area contributed by atoms with Crippen LogP contribution in [0.3, 0.4) is 0 Å². The SMILES string of the molecule is CCOc1cc(/C=N\NC(=O)c2cccc(C)c2)ccc1O. The second-order valence-corrected chi connectivity index (χ2v) is 4.73. The number of phenols is 1. The Bertz CT molecular complexity index is 696. The summed E-state index contributed by atoms with van der Waals surface area (Å²) in [4.78, 5) is 11.9. The maximum Gasteiger partial charge on any atom is 0.271 e. The molecule has 0 fully saturated rings. The number of aromatic hydroxyl groups is 1. The van der Waals surface area contributed by atoms with Gasteiger partial charge in [-0.15, -0.1) is 0 Å². The summed E-state index contributed by atoms with van der Waals surface area (Å²) in [6, 6.07) is 12.1. The van der Waals surface area contributed by atoms with Crippen molar-refractivity contribution in [2.24, 2.45) is 5.10 Å². The number of carbonyl (C=O) groups excluding carboxylic acids is 1. The van der Waals surface area contributed by atoms with Crippen LogP contribution < -0.4 is 10.2 Å². The number of carbonyl (C=O) groups is 1. The number of rotatable bonds is 5. The van der Waals surface area contributed by atoms with Gasteiger partial charge in [-0.2, -0.15) is 5.10 Å². The van der Waals surface area contributed by atoms with Gasteiger partial charge in [0.15, 0.2) is 11.5 Å². The van der Waals surface area contributed by atoms with Gasteiger partial charge in [-0.3, -0.25) is 4.79 Å². The minimum atomic E-state index is -0.274. The molecule has 0 aliphatic carbocycles. The van der Waals surface area contributed by atoms with Crippen LogP contribution in [0.4, 0.5) is 0 Å². The summed E-state index contributed by atoms with van der Waals surface area (Å²) < 4.78 is 5.29. The van der Waals surface area contributed by atoms with Crippen molar-refractivity contribution in [2.45, 2.75) is 13.8 Å². The zero-order valence-corrected chi connectivity index (χ0v) is 12.5. The second-order valence-electron chi connectivity index (χ2n) is 4.73. The third kappa shape index (κ3) is 4.09. The lowest BCUT2D eigenvalue weighted by Crippen LogP contribution is -2.17. The lowest BCUT2D eigenvalue weighted by Gasteiger charge is -2.06. The maximum absolute atomic E-state index is 11.9. The van der Waals surface area contributed by atoms with Gasteiger partial charge in [0.05, 0.1) is 12.8 Å². The number of aryl methyl sites for hydroxylation is 1. The van der Waals surface area contributed by atoms with E-state index >= 15 is 0 Å². The Morgan fingerprint density at radius 3 is 2.86 bits per heavy atom. The predicted molar refractivity (Wildman–Crippen MR) is 85.5 cm³/mol. The Hall–Kier alpha value is -2.82. The maximum atomic E-state index is 11.9. The van der Waals surface area contributed by atoms with Crippen LogP contribution >= 0.6 is 0 Å². The summed E-state index contributed by atoms with van der Waals surface area (Å²) in [5, 5.41) is 13.5. The van der Waals surface area contributed by atoms with Gasteiger partial charge in [0.1, 0.15) is 0 Å². The summed E-state index contributed by atoms with van der Waals surface area (Å²) in [7, 11) is 0. The molecule has 1 amide bonds. The fourth-order valence-electron chi connectivity index (χ4n) is 1.90. The molecule has 0 aliphatic rings. The van der Waals surface area contributed by atoms with Gasteiger partial charge in [0, 0.05) is 5.56 Å². The van der Waals surface area contributed by atoms with E-state index in [0.29, 0.717) is 23.5 Å². The zero-order valence-electron chi connectivity index (χ0n) is 12.5. The molecule has 2 aromatic carbocycles. The second kappa shape index (κ2) is 7.26. The van der Waals surface area contributed by atoms with E-state index in [9.17, 15) is 9.90 Å². The Kier molecular flexibility index (Phi) is 5.14. The van der Waals surface area contributed by atoms with Crippen molar-refractivity contribution in [3.63, 3.8) is 0 Å². The standard InChI is InChI=1S/C17H18N2O3/c1-3-22-16-10-13(7-8-15(16)20)11-18-19-17(21)14-6-4-5-12(2)9-14/h4-11,20H,3H2,1-2H3,(H,19,21)/b18-11-. The molecule has 0 aliphatic heterocycles. The number of nitrogens with zero attached hydrogens (tertiary/aromatic N) is 1. The highest BCUT2D eigenvalue weighted by molar-refractivity contribution is 5.95. The van der Waals surface area contributed by atoms with Gasteiger partial charge < -0.3 is 9.84 Å². The minimum Gasteiger partial charge on any atom is -0.504 e. The van der Waals surface area contributed by atoms with Crippen molar-refractivity contribution < 1.29 is 14.6 Å². The van der Waals surface area contributed by atoms with Gasteiger partial charge in [-0.05, 0) is 49.7 Å². The summed E-state index contributed by atoms with van der Waals surface area (Å²) >= 11 is 0. The van der Waals surface area contributed by atoms with Crippen molar-refractivity contribution >= 4 is 12.1 Å². The van der Waals surface area contributed by atoms with E-state index in [2.05, 4.69) is 10.5 Å². The molecule has 2 N–H and O–H groups in total. The first-order valence-electron chi connectivity index (χ1n) is 6.96. The zero-order chi connectivity index (χ0) is 15.9. The summed E-state index contributed by atoms with van der Waals surface area (Å²) in [5.41, 5.74) is 4.75. The number of hydrogen-bond acceptors (Lipinski definition) is 4. The lowest BCUT2D eigenvalue weighted by molar-refractivity contribution is 0.0955. The normalized spacial score (nSPS) is 10.6. The molecule has 0 unspecified atom stereocenters. The predicted octanol–water partition coefficient (Wildman–Crippen LogP) is 2.86. The fourth-order valence-corrected chi connectivity index (χ4v) is 1.90. The monoisotopic (exact) mass is 298 g/mol. The van der Waals surface area contributed by atoms with E-state index in [0.717, 1.165) is 5.56 Å². The number of phenolic OH excluding ortho intramolecular Hbond substituents is 1. The van der Waals surface area contributed by atoms with Gasteiger partial charge in [0.2, 0.25) is 0 Å². The fraction of sp³-hybridized carbons (Fsp3) is 0.176. The average Bonchev–Trinajstić information content (AvgIpc) is 2.50. The quantitative estimate of drug-likeness (QED) is 0.658. The molecule has 0 bridgehead atoms. The Morgan fingerprint density at radius 1 is 1.32 bits per heavy atom. The lowest BCUT2D eigenvalue weighted by atomic mass is 10.1. The third-order valence-corrected chi connectivity index (χ3v) is 2.94. The first-order valence-corrected chi connectivity index (χ1v) is 6.96. The molecule has 0 heterocycles. The molecule has 0 spiro atoms. The molecule has 0 saturated carbocycles. The molecular formula is C17H18N2O3. The molecule has 114 valence electrons. The molecule has 2 rings (SSSR count). The van der Waals surface area contributed by atoms with E-state index in [1.54, 1.807) is 24.3 Å². The molecule has 0 atom stereocenters. The largest absolute Gasteiger partial charge is 0.504 e. The summed E-state index contributed by atoms with van der Waals surface area (Å²) in [6.07, 6.45) is 1.50. The first kappa shape index (κ1) is 15.6. The van der Waals surface area contributed by atoms with Crippen LogP contribution in [0, 0.1) is 6.92 Å². The van der Waals surface area contributed by atoms with E-state index in [1.807, 2.05) is 26.0 Å². The number of hydrogen-bond donors (Lipinski definition) is 2. The van der Waals surface area contributed by atoms with E-state index in [1.165, 1.54) is 12.3 Å². The molecule has 22 heavy (non-hydrogen) atoms.